The predicted molar refractivity (Wildman–Crippen MR) is 78.5 cm³/mol. The van der Waals surface area contributed by atoms with Crippen LogP contribution in [0.2, 0.25) is 0 Å². The zero-order valence-corrected chi connectivity index (χ0v) is 11.8. The molecule has 0 radical (unpaired) electrons. The van der Waals surface area contributed by atoms with Crippen LogP contribution in [0.15, 0.2) is 24.3 Å². The molecular formula is C14H19N5O. The molecule has 1 aromatic carbocycles. The third-order valence-electron chi connectivity index (χ3n) is 2.77. The number of anilines is 2. The van der Waals surface area contributed by atoms with Gasteiger partial charge in [0.1, 0.15) is 0 Å². The Morgan fingerprint density at radius 1 is 1.20 bits per heavy atom. The van der Waals surface area contributed by atoms with E-state index in [9.17, 15) is 0 Å². The van der Waals surface area contributed by atoms with Gasteiger partial charge >= 0.3 is 6.01 Å². The third-order valence-corrected chi connectivity index (χ3v) is 2.77. The lowest BCUT2D eigenvalue weighted by Crippen LogP contribution is -2.10. The van der Waals surface area contributed by atoms with Crippen molar-refractivity contribution in [2.24, 2.45) is 0 Å². The van der Waals surface area contributed by atoms with E-state index in [2.05, 4.69) is 39.3 Å². The van der Waals surface area contributed by atoms with Crippen molar-refractivity contribution in [1.82, 2.24) is 15.0 Å². The van der Waals surface area contributed by atoms with Gasteiger partial charge in [-0.05, 0) is 24.5 Å². The van der Waals surface area contributed by atoms with Crippen LogP contribution in [0.1, 0.15) is 24.5 Å². The summed E-state index contributed by atoms with van der Waals surface area (Å²) in [5, 5.41) is 3.14. The number of benzene rings is 1. The number of ether oxygens (including phenoxy) is 1. The minimum atomic E-state index is 0.151. The lowest BCUT2D eigenvalue weighted by atomic mass is 10.1. The molecule has 0 atom stereocenters. The van der Waals surface area contributed by atoms with Crippen molar-refractivity contribution in [2.75, 3.05) is 17.7 Å². The molecule has 0 aliphatic carbocycles. The standard InChI is InChI=1S/C14H19N5O/c1-3-8-20-14-18-12(15)17-13(19-14)16-9-11-7-5-4-6-10(11)2/h4-7H,3,8-9H2,1-2H3,(H3,15,16,17,18,19). The van der Waals surface area contributed by atoms with Crippen molar-refractivity contribution in [3.63, 3.8) is 0 Å². The third kappa shape index (κ3) is 3.81. The van der Waals surface area contributed by atoms with Crippen LogP contribution in [0.25, 0.3) is 0 Å². The number of nitrogens with zero attached hydrogens (tertiary/aromatic N) is 3. The topological polar surface area (TPSA) is 86.0 Å². The molecule has 2 rings (SSSR count). The molecular weight excluding hydrogens is 254 g/mol. The van der Waals surface area contributed by atoms with Gasteiger partial charge < -0.3 is 15.8 Å². The first-order chi connectivity index (χ1) is 9.69. The zero-order valence-electron chi connectivity index (χ0n) is 11.8. The van der Waals surface area contributed by atoms with Crippen LogP contribution >= 0.6 is 0 Å². The molecule has 6 nitrogen and oxygen atoms in total. The lowest BCUT2D eigenvalue weighted by Gasteiger charge is -2.09. The van der Waals surface area contributed by atoms with Crippen LogP contribution in [-0.4, -0.2) is 21.6 Å². The molecule has 6 heteroatoms. The van der Waals surface area contributed by atoms with E-state index in [1.165, 1.54) is 11.1 Å². The van der Waals surface area contributed by atoms with Gasteiger partial charge in [0, 0.05) is 6.54 Å². The van der Waals surface area contributed by atoms with E-state index >= 15 is 0 Å². The molecule has 2 aromatic rings. The quantitative estimate of drug-likeness (QED) is 0.838. The number of nitrogen functional groups attached to an aromatic ring is 1. The van der Waals surface area contributed by atoms with E-state index in [1.54, 1.807) is 0 Å². The Morgan fingerprint density at radius 3 is 2.75 bits per heavy atom. The van der Waals surface area contributed by atoms with Crippen LogP contribution in [0.4, 0.5) is 11.9 Å². The fourth-order valence-corrected chi connectivity index (χ4v) is 1.69. The molecule has 0 bridgehead atoms. The molecule has 0 fully saturated rings. The van der Waals surface area contributed by atoms with E-state index < -0.39 is 0 Å². The van der Waals surface area contributed by atoms with Crippen LogP contribution in [0, 0.1) is 6.92 Å². The molecule has 0 spiro atoms. The molecule has 1 heterocycles. The Kier molecular flexibility index (Phi) is 4.70. The second-order valence-electron chi connectivity index (χ2n) is 4.43. The summed E-state index contributed by atoms with van der Waals surface area (Å²) in [4.78, 5) is 12.2. The number of aryl methyl sites for hydroxylation is 1. The minimum absolute atomic E-state index is 0.151. The summed E-state index contributed by atoms with van der Waals surface area (Å²) in [6, 6.07) is 8.39. The van der Waals surface area contributed by atoms with Crippen molar-refractivity contribution in [2.45, 2.75) is 26.8 Å². The normalized spacial score (nSPS) is 10.3. The van der Waals surface area contributed by atoms with Gasteiger partial charge in [-0.1, -0.05) is 31.2 Å². The zero-order chi connectivity index (χ0) is 14.4. The molecule has 0 amide bonds. The van der Waals surface area contributed by atoms with Gasteiger partial charge in [0.25, 0.3) is 0 Å². The minimum Gasteiger partial charge on any atom is -0.463 e. The molecule has 0 aliphatic heterocycles. The van der Waals surface area contributed by atoms with Gasteiger partial charge in [-0.2, -0.15) is 15.0 Å². The monoisotopic (exact) mass is 273 g/mol. The van der Waals surface area contributed by atoms with E-state index in [0.29, 0.717) is 19.1 Å². The van der Waals surface area contributed by atoms with Gasteiger partial charge in [0.15, 0.2) is 0 Å². The number of nitrogens with one attached hydrogen (secondary N) is 1. The number of hydrogen-bond donors (Lipinski definition) is 2. The molecule has 20 heavy (non-hydrogen) atoms. The number of nitrogens with two attached hydrogens (primary N) is 1. The highest BCUT2D eigenvalue weighted by atomic mass is 16.5. The second kappa shape index (κ2) is 6.70. The average Bonchev–Trinajstić information content (AvgIpc) is 2.44. The first-order valence-corrected chi connectivity index (χ1v) is 6.61. The predicted octanol–water partition coefficient (Wildman–Crippen LogP) is 2.16. The smallest absolute Gasteiger partial charge is 0.323 e. The molecule has 1 aromatic heterocycles. The Balaban J connectivity index is 2.05. The average molecular weight is 273 g/mol. The Bertz CT molecular complexity index is 573. The van der Waals surface area contributed by atoms with E-state index in [-0.39, 0.29) is 12.0 Å². The van der Waals surface area contributed by atoms with Gasteiger partial charge in [-0.15, -0.1) is 0 Å². The summed E-state index contributed by atoms with van der Waals surface area (Å²) < 4.78 is 5.37. The molecule has 0 saturated heterocycles. The molecule has 0 saturated carbocycles. The van der Waals surface area contributed by atoms with Gasteiger partial charge in [0.2, 0.25) is 11.9 Å². The number of rotatable bonds is 6. The second-order valence-corrected chi connectivity index (χ2v) is 4.43. The van der Waals surface area contributed by atoms with Crippen molar-refractivity contribution in [3.8, 4) is 6.01 Å². The van der Waals surface area contributed by atoms with Crippen molar-refractivity contribution < 1.29 is 4.74 Å². The Labute approximate surface area is 118 Å². The maximum absolute atomic E-state index is 5.65. The SMILES string of the molecule is CCCOc1nc(N)nc(NCc2ccccc2C)n1. The fraction of sp³-hybridized carbons (Fsp3) is 0.357. The first kappa shape index (κ1) is 14.0. The summed E-state index contributed by atoms with van der Waals surface area (Å²) in [5.74, 6) is 0.574. The fourth-order valence-electron chi connectivity index (χ4n) is 1.69. The van der Waals surface area contributed by atoms with Gasteiger partial charge in [-0.3, -0.25) is 0 Å². The molecule has 0 unspecified atom stereocenters. The van der Waals surface area contributed by atoms with E-state index in [0.717, 1.165) is 6.42 Å². The molecule has 106 valence electrons. The van der Waals surface area contributed by atoms with Crippen molar-refractivity contribution in [1.29, 1.82) is 0 Å². The van der Waals surface area contributed by atoms with Gasteiger partial charge in [-0.25, -0.2) is 0 Å². The number of aromatic nitrogens is 3. The summed E-state index contributed by atoms with van der Waals surface area (Å²) in [5.41, 5.74) is 8.04. The maximum Gasteiger partial charge on any atom is 0.323 e. The Hall–Kier alpha value is -2.37. The van der Waals surface area contributed by atoms with Crippen LogP contribution < -0.4 is 15.8 Å². The van der Waals surface area contributed by atoms with E-state index in [1.807, 2.05) is 19.1 Å². The van der Waals surface area contributed by atoms with Crippen molar-refractivity contribution >= 4 is 11.9 Å². The van der Waals surface area contributed by atoms with Crippen LogP contribution in [0.5, 0.6) is 6.01 Å². The summed E-state index contributed by atoms with van der Waals surface area (Å²) >= 11 is 0. The summed E-state index contributed by atoms with van der Waals surface area (Å²) in [6.45, 7) is 5.26. The highest BCUT2D eigenvalue weighted by Crippen LogP contribution is 2.12. The van der Waals surface area contributed by atoms with E-state index in [4.69, 9.17) is 10.5 Å². The van der Waals surface area contributed by atoms with Gasteiger partial charge in [0.05, 0.1) is 6.61 Å². The maximum atomic E-state index is 5.65. The van der Waals surface area contributed by atoms with Crippen LogP contribution in [-0.2, 0) is 6.54 Å². The molecule has 0 aliphatic rings. The highest BCUT2D eigenvalue weighted by Gasteiger charge is 2.05. The first-order valence-electron chi connectivity index (χ1n) is 6.61. The largest absolute Gasteiger partial charge is 0.463 e. The van der Waals surface area contributed by atoms with Crippen LogP contribution in [0.3, 0.4) is 0 Å². The highest BCUT2D eigenvalue weighted by molar-refractivity contribution is 5.35. The lowest BCUT2D eigenvalue weighted by molar-refractivity contribution is 0.292. The summed E-state index contributed by atoms with van der Waals surface area (Å²) in [7, 11) is 0. The number of hydrogen-bond acceptors (Lipinski definition) is 6. The molecule has 3 N–H and O–H groups in total. The van der Waals surface area contributed by atoms with Crippen molar-refractivity contribution in [3.05, 3.63) is 35.4 Å². The summed E-state index contributed by atoms with van der Waals surface area (Å²) in [6.07, 6.45) is 0.886. The Morgan fingerprint density at radius 2 is 2.00 bits per heavy atom.